The Balaban J connectivity index is 1.43. The van der Waals surface area contributed by atoms with E-state index in [2.05, 4.69) is 14.1 Å². The Bertz CT molecular complexity index is 806. The standard InChI is InChI=1S/C20H22N4O/c25-20(23-12-3-4-19(15-23)24-13-9-21-16-24)18-7-5-17(6-8-18)14-22-10-1-2-11-22/h1-2,5-11,13,16,19H,3-4,12,14-15H2. The van der Waals surface area contributed by atoms with E-state index in [4.69, 9.17) is 0 Å². The van der Waals surface area contributed by atoms with E-state index in [1.165, 1.54) is 5.56 Å². The molecular formula is C20H22N4O. The van der Waals surface area contributed by atoms with E-state index in [9.17, 15) is 4.79 Å². The van der Waals surface area contributed by atoms with Crippen molar-refractivity contribution in [2.45, 2.75) is 25.4 Å². The van der Waals surface area contributed by atoms with Gasteiger partial charge in [0.1, 0.15) is 0 Å². The topological polar surface area (TPSA) is 43.1 Å². The summed E-state index contributed by atoms with van der Waals surface area (Å²) in [6, 6.07) is 12.3. The number of piperidine rings is 1. The molecule has 1 aromatic carbocycles. The van der Waals surface area contributed by atoms with Gasteiger partial charge in [0.15, 0.2) is 0 Å². The van der Waals surface area contributed by atoms with Crippen molar-refractivity contribution in [1.82, 2.24) is 19.0 Å². The molecular weight excluding hydrogens is 312 g/mol. The molecule has 25 heavy (non-hydrogen) atoms. The molecule has 0 N–H and O–H groups in total. The van der Waals surface area contributed by atoms with Crippen molar-refractivity contribution >= 4 is 5.91 Å². The molecule has 0 bridgehead atoms. The number of imidazole rings is 1. The van der Waals surface area contributed by atoms with Gasteiger partial charge in [-0.2, -0.15) is 0 Å². The van der Waals surface area contributed by atoms with Crippen LogP contribution < -0.4 is 0 Å². The van der Waals surface area contributed by atoms with Crippen molar-refractivity contribution in [2.24, 2.45) is 0 Å². The van der Waals surface area contributed by atoms with E-state index < -0.39 is 0 Å². The minimum absolute atomic E-state index is 0.123. The van der Waals surface area contributed by atoms with E-state index in [1.807, 2.05) is 66.2 Å². The molecule has 0 radical (unpaired) electrons. The zero-order chi connectivity index (χ0) is 17.1. The molecule has 5 nitrogen and oxygen atoms in total. The van der Waals surface area contributed by atoms with Gasteiger partial charge in [-0.05, 0) is 42.7 Å². The SMILES string of the molecule is O=C(c1ccc(Cn2cccc2)cc1)N1CCCC(n2ccnc2)C1. The fourth-order valence-corrected chi connectivity index (χ4v) is 3.49. The van der Waals surface area contributed by atoms with Crippen LogP contribution in [0.1, 0.15) is 34.8 Å². The molecule has 0 aliphatic carbocycles. The second-order valence-corrected chi connectivity index (χ2v) is 6.61. The van der Waals surface area contributed by atoms with Crippen molar-refractivity contribution in [3.63, 3.8) is 0 Å². The summed E-state index contributed by atoms with van der Waals surface area (Å²) in [7, 11) is 0. The maximum absolute atomic E-state index is 12.8. The van der Waals surface area contributed by atoms with Crippen LogP contribution >= 0.6 is 0 Å². The van der Waals surface area contributed by atoms with Gasteiger partial charge in [-0.25, -0.2) is 4.98 Å². The maximum Gasteiger partial charge on any atom is 0.253 e. The number of likely N-dealkylation sites (tertiary alicyclic amines) is 1. The van der Waals surface area contributed by atoms with Crippen molar-refractivity contribution < 1.29 is 4.79 Å². The molecule has 2 aromatic heterocycles. The van der Waals surface area contributed by atoms with Crippen molar-refractivity contribution in [3.05, 3.63) is 78.6 Å². The molecule has 1 fully saturated rings. The minimum Gasteiger partial charge on any atom is -0.350 e. The normalized spacial score (nSPS) is 17.6. The fraction of sp³-hybridized carbons (Fsp3) is 0.300. The van der Waals surface area contributed by atoms with Crippen molar-refractivity contribution in [3.8, 4) is 0 Å². The molecule has 1 amide bonds. The summed E-state index contributed by atoms with van der Waals surface area (Å²) in [5.41, 5.74) is 1.96. The van der Waals surface area contributed by atoms with E-state index >= 15 is 0 Å². The summed E-state index contributed by atoms with van der Waals surface area (Å²) in [6.45, 7) is 2.41. The average Bonchev–Trinajstić information content (AvgIpc) is 3.36. The van der Waals surface area contributed by atoms with E-state index in [-0.39, 0.29) is 5.91 Å². The molecule has 4 rings (SSSR count). The summed E-state index contributed by atoms with van der Waals surface area (Å²) in [6.07, 6.45) is 11.8. The van der Waals surface area contributed by atoms with Crippen LogP contribution in [0.25, 0.3) is 0 Å². The molecule has 3 heterocycles. The Labute approximate surface area is 147 Å². The first-order valence-corrected chi connectivity index (χ1v) is 8.76. The summed E-state index contributed by atoms with van der Waals surface area (Å²) >= 11 is 0. The molecule has 3 aromatic rings. The minimum atomic E-state index is 0.123. The number of aromatic nitrogens is 3. The van der Waals surface area contributed by atoms with Crippen LogP contribution in [-0.2, 0) is 6.54 Å². The van der Waals surface area contributed by atoms with E-state index in [0.29, 0.717) is 6.04 Å². The Morgan fingerprint density at radius 1 is 1.12 bits per heavy atom. The van der Waals surface area contributed by atoms with Crippen LogP contribution in [0.4, 0.5) is 0 Å². The fourth-order valence-electron chi connectivity index (χ4n) is 3.49. The number of carbonyl (C=O) groups excluding carboxylic acids is 1. The van der Waals surface area contributed by atoms with Gasteiger partial charge in [0.25, 0.3) is 5.91 Å². The maximum atomic E-state index is 12.8. The molecule has 5 heteroatoms. The lowest BCUT2D eigenvalue weighted by Gasteiger charge is -2.33. The Morgan fingerprint density at radius 2 is 1.92 bits per heavy atom. The molecule has 1 atom stereocenters. The highest BCUT2D eigenvalue weighted by molar-refractivity contribution is 5.94. The lowest BCUT2D eigenvalue weighted by atomic mass is 10.0. The van der Waals surface area contributed by atoms with E-state index in [1.54, 1.807) is 6.20 Å². The largest absolute Gasteiger partial charge is 0.350 e. The summed E-state index contributed by atoms with van der Waals surface area (Å²) in [5, 5.41) is 0. The number of nitrogens with zero attached hydrogens (tertiary/aromatic N) is 4. The first kappa shape index (κ1) is 15.7. The third-order valence-electron chi connectivity index (χ3n) is 4.86. The van der Waals surface area contributed by atoms with Gasteiger partial charge in [-0.15, -0.1) is 0 Å². The van der Waals surface area contributed by atoms with Gasteiger partial charge < -0.3 is 14.0 Å². The van der Waals surface area contributed by atoms with Crippen LogP contribution in [0.3, 0.4) is 0 Å². The van der Waals surface area contributed by atoms with Gasteiger partial charge in [0.2, 0.25) is 0 Å². The predicted molar refractivity (Wildman–Crippen MR) is 96.4 cm³/mol. The highest BCUT2D eigenvalue weighted by atomic mass is 16.2. The van der Waals surface area contributed by atoms with Crippen molar-refractivity contribution in [1.29, 1.82) is 0 Å². The predicted octanol–water partition coefficient (Wildman–Crippen LogP) is 3.21. The Morgan fingerprint density at radius 3 is 2.64 bits per heavy atom. The lowest BCUT2D eigenvalue weighted by Crippen LogP contribution is -2.40. The zero-order valence-electron chi connectivity index (χ0n) is 14.2. The average molecular weight is 334 g/mol. The molecule has 1 aliphatic heterocycles. The molecule has 1 saturated heterocycles. The summed E-state index contributed by atoms with van der Waals surface area (Å²) in [4.78, 5) is 18.9. The second kappa shape index (κ2) is 6.97. The zero-order valence-corrected chi connectivity index (χ0v) is 14.2. The molecule has 0 saturated carbocycles. The first-order valence-electron chi connectivity index (χ1n) is 8.76. The molecule has 0 spiro atoms. The Kier molecular flexibility index (Phi) is 4.37. The van der Waals surface area contributed by atoms with Crippen LogP contribution in [0.5, 0.6) is 0 Å². The highest BCUT2D eigenvalue weighted by Crippen LogP contribution is 2.22. The van der Waals surface area contributed by atoms with Crippen LogP contribution in [0.2, 0.25) is 0 Å². The molecule has 1 aliphatic rings. The number of hydrogen-bond acceptors (Lipinski definition) is 2. The highest BCUT2D eigenvalue weighted by Gasteiger charge is 2.25. The van der Waals surface area contributed by atoms with Crippen LogP contribution in [0, 0.1) is 0 Å². The third-order valence-corrected chi connectivity index (χ3v) is 4.86. The summed E-state index contributed by atoms with van der Waals surface area (Å²) < 4.78 is 4.23. The van der Waals surface area contributed by atoms with Gasteiger partial charge in [-0.1, -0.05) is 12.1 Å². The van der Waals surface area contributed by atoms with Gasteiger partial charge >= 0.3 is 0 Å². The third kappa shape index (κ3) is 3.50. The van der Waals surface area contributed by atoms with Gasteiger partial charge in [0, 0.05) is 50.0 Å². The second-order valence-electron chi connectivity index (χ2n) is 6.61. The number of benzene rings is 1. The number of hydrogen-bond donors (Lipinski definition) is 0. The van der Waals surface area contributed by atoms with Gasteiger partial charge in [-0.3, -0.25) is 4.79 Å². The smallest absolute Gasteiger partial charge is 0.253 e. The molecule has 1 unspecified atom stereocenters. The lowest BCUT2D eigenvalue weighted by molar-refractivity contribution is 0.0679. The number of carbonyl (C=O) groups is 1. The van der Waals surface area contributed by atoms with E-state index in [0.717, 1.165) is 38.0 Å². The first-order chi connectivity index (χ1) is 12.3. The van der Waals surface area contributed by atoms with Crippen LogP contribution in [-0.4, -0.2) is 38.0 Å². The Hall–Kier alpha value is -2.82. The van der Waals surface area contributed by atoms with Gasteiger partial charge in [0.05, 0.1) is 12.4 Å². The van der Waals surface area contributed by atoms with Crippen LogP contribution in [0.15, 0.2) is 67.5 Å². The number of rotatable bonds is 4. The number of amides is 1. The van der Waals surface area contributed by atoms with Crippen molar-refractivity contribution in [2.75, 3.05) is 13.1 Å². The summed E-state index contributed by atoms with van der Waals surface area (Å²) in [5.74, 6) is 0.123. The monoisotopic (exact) mass is 334 g/mol. The quantitative estimate of drug-likeness (QED) is 0.735. The molecule has 128 valence electrons.